The number of nitrogens with zero attached hydrogens (tertiary/aromatic N) is 1. The van der Waals surface area contributed by atoms with Gasteiger partial charge in [-0.25, -0.2) is 9.69 Å². The maximum Gasteiger partial charge on any atom is 0.416 e. The van der Waals surface area contributed by atoms with E-state index in [9.17, 15) is 9.59 Å². The van der Waals surface area contributed by atoms with Crippen molar-refractivity contribution < 1.29 is 14.3 Å². The van der Waals surface area contributed by atoms with Gasteiger partial charge in [-0.2, -0.15) is 0 Å². The second-order valence-electron chi connectivity index (χ2n) is 7.33. The molecular weight excluding hydrogens is 278 g/mol. The number of rotatable bonds is 4. The average Bonchev–Trinajstić information content (AvgIpc) is 2.79. The normalized spacial score (nSPS) is 24.0. The molecular formula is C18H23NO3. The zero-order valence-electron chi connectivity index (χ0n) is 13.2. The van der Waals surface area contributed by atoms with Gasteiger partial charge in [0.05, 0.1) is 6.04 Å². The number of hydrogen-bond acceptors (Lipinski definition) is 3. The highest BCUT2D eigenvalue weighted by molar-refractivity contribution is 5.93. The lowest BCUT2D eigenvalue weighted by Crippen LogP contribution is -2.43. The minimum absolute atomic E-state index is 0.0797. The first-order chi connectivity index (χ1) is 10.4. The first-order valence-corrected chi connectivity index (χ1v) is 7.97. The van der Waals surface area contributed by atoms with Crippen LogP contribution in [-0.4, -0.2) is 29.5 Å². The number of benzene rings is 1. The van der Waals surface area contributed by atoms with E-state index in [2.05, 4.69) is 13.8 Å². The van der Waals surface area contributed by atoms with Crippen LogP contribution >= 0.6 is 0 Å². The zero-order valence-corrected chi connectivity index (χ0v) is 13.2. The van der Waals surface area contributed by atoms with Crippen LogP contribution in [-0.2, 0) is 16.0 Å². The highest BCUT2D eigenvalue weighted by atomic mass is 16.6. The molecule has 0 N–H and O–H groups in total. The molecule has 1 aliphatic heterocycles. The van der Waals surface area contributed by atoms with Gasteiger partial charge in [0.15, 0.2) is 0 Å². The van der Waals surface area contributed by atoms with E-state index in [0.29, 0.717) is 30.8 Å². The van der Waals surface area contributed by atoms with Gasteiger partial charge in [0.25, 0.3) is 0 Å². The predicted molar refractivity (Wildman–Crippen MR) is 83.3 cm³/mol. The number of hydrogen-bond donors (Lipinski definition) is 0. The van der Waals surface area contributed by atoms with E-state index in [1.807, 2.05) is 30.3 Å². The molecule has 1 atom stereocenters. The molecule has 2 amide bonds. The molecule has 1 saturated heterocycles. The molecule has 22 heavy (non-hydrogen) atoms. The monoisotopic (exact) mass is 301 g/mol. The molecule has 4 nitrogen and oxygen atoms in total. The van der Waals surface area contributed by atoms with Crippen molar-refractivity contribution in [3.05, 3.63) is 35.9 Å². The summed E-state index contributed by atoms with van der Waals surface area (Å²) < 4.78 is 5.11. The van der Waals surface area contributed by atoms with Crippen molar-refractivity contribution >= 4 is 12.0 Å². The van der Waals surface area contributed by atoms with Gasteiger partial charge in [-0.1, -0.05) is 44.2 Å². The summed E-state index contributed by atoms with van der Waals surface area (Å²) in [7, 11) is 0. The van der Waals surface area contributed by atoms with Crippen LogP contribution in [0.3, 0.4) is 0 Å². The highest BCUT2D eigenvalue weighted by Crippen LogP contribution is 2.46. The van der Waals surface area contributed by atoms with Crippen LogP contribution in [0.1, 0.15) is 38.7 Å². The van der Waals surface area contributed by atoms with Crippen molar-refractivity contribution in [2.75, 3.05) is 6.61 Å². The van der Waals surface area contributed by atoms with E-state index in [4.69, 9.17) is 4.74 Å². The third kappa shape index (κ3) is 3.16. The number of carbonyl (C=O) groups is 2. The predicted octanol–water partition coefficient (Wildman–Crippen LogP) is 3.40. The van der Waals surface area contributed by atoms with Crippen LogP contribution in [0, 0.1) is 11.3 Å². The van der Waals surface area contributed by atoms with Crippen LogP contribution in [0.5, 0.6) is 0 Å². The molecule has 0 unspecified atom stereocenters. The molecule has 118 valence electrons. The molecule has 1 aromatic rings. The fourth-order valence-corrected chi connectivity index (χ4v) is 3.80. The summed E-state index contributed by atoms with van der Waals surface area (Å²) in [5.74, 6) is 0.331. The zero-order chi connectivity index (χ0) is 15.7. The number of carbonyl (C=O) groups excluding carboxylic acids is 2. The van der Waals surface area contributed by atoms with E-state index in [-0.39, 0.29) is 11.9 Å². The summed E-state index contributed by atoms with van der Waals surface area (Å²) in [5.41, 5.74) is 1.47. The molecule has 4 heteroatoms. The third-order valence-electron chi connectivity index (χ3n) is 4.69. The van der Waals surface area contributed by atoms with Crippen molar-refractivity contribution in [1.82, 2.24) is 4.90 Å². The molecule has 1 saturated carbocycles. The second-order valence-corrected chi connectivity index (χ2v) is 7.33. The first kappa shape index (κ1) is 15.1. The Balaban J connectivity index is 1.62. The third-order valence-corrected chi connectivity index (χ3v) is 4.69. The Morgan fingerprint density at radius 3 is 2.59 bits per heavy atom. The minimum Gasteiger partial charge on any atom is -0.447 e. The Bertz CT molecular complexity index is 559. The van der Waals surface area contributed by atoms with Gasteiger partial charge in [-0.15, -0.1) is 0 Å². The maximum atomic E-state index is 12.5. The van der Waals surface area contributed by atoms with Gasteiger partial charge in [-0.05, 0) is 36.2 Å². The summed E-state index contributed by atoms with van der Waals surface area (Å²) in [4.78, 5) is 25.8. The lowest BCUT2D eigenvalue weighted by molar-refractivity contribution is -0.131. The van der Waals surface area contributed by atoms with E-state index in [1.165, 1.54) is 4.90 Å². The van der Waals surface area contributed by atoms with Crippen LogP contribution in [0.25, 0.3) is 0 Å². The molecule has 0 bridgehead atoms. The number of amides is 2. The Morgan fingerprint density at radius 1 is 1.27 bits per heavy atom. The Hall–Kier alpha value is -1.84. The van der Waals surface area contributed by atoms with Gasteiger partial charge < -0.3 is 4.74 Å². The Morgan fingerprint density at radius 2 is 1.95 bits per heavy atom. The van der Waals surface area contributed by atoms with E-state index < -0.39 is 6.09 Å². The van der Waals surface area contributed by atoms with Gasteiger partial charge >= 0.3 is 6.09 Å². The molecule has 0 aromatic heterocycles. The quantitative estimate of drug-likeness (QED) is 0.856. The van der Waals surface area contributed by atoms with E-state index in [0.717, 1.165) is 18.4 Å². The number of ether oxygens (including phenoxy) is 1. The Labute approximate surface area is 131 Å². The molecule has 2 aliphatic rings. The largest absolute Gasteiger partial charge is 0.447 e. The summed E-state index contributed by atoms with van der Waals surface area (Å²) >= 11 is 0. The van der Waals surface area contributed by atoms with E-state index in [1.54, 1.807) is 0 Å². The summed E-state index contributed by atoms with van der Waals surface area (Å²) in [6.45, 7) is 4.74. The number of imide groups is 1. The summed E-state index contributed by atoms with van der Waals surface area (Å²) in [5, 5.41) is 0. The Kier molecular flexibility index (Phi) is 3.94. The van der Waals surface area contributed by atoms with Crippen LogP contribution in [0.2, 0.25) is 0 Å². The lowest BCUT2D eigenvalue weighted by atomic mass is 9.63. The van der Waals surface area contributed by atoms with Gasteiger partial charge in [0, 0.05) is 6.42 Å². The van der Waals surface area contributed by atoms with Crippen molar-refractivity contribution in [2.24, 2.45) is 11.3 Å². The number of cyclic esters (lactones) is 1. The molecule has 0 spiro atoms. The smallest absolute Gasteiger partial charge is 0.416 e. The highest BCUT2D eigenvalue weighted by Gasteiger charge is 2.42. The van der Waals surface area contributed by atoms with Crippen molar-refractivity contribution in [2.45, 2.75) is 45.6 Å². The van der Waals surface area contributed by atoms with Gasteiger partial charge in [-0.3, -0.25) is 4.79 Å². The van der Waals surface area contributed by atoms with Crippen LogP contribution < -0.4 is 0 Å². The van der Waals surface area contributed by atoms with E-state index >= 15 is 0 Å². The fourth-order valence-electron chi connectivity index (χ4n) is 3.80. The minimum atomic E-state index is -0.482. The van der Waals surface area contributed by atoms with Gasteiger partial charge in [0.2, 0.25) is 5.91 Å². The lowest BCUT2D eigenvalue weighted by Gasteiger charge is -2.42. The first-order valence-electron chi connectivity index (χ1n) is 7.97. The van der Waals surface area contributed by atoms with Crippen molar-refractivity contribution in [3.8, 4) is 0 Å². The average molecular weight is 301 g/mol. The molecule has 1 heterocycles. The SMILES string of the molecule is CC1(C)CC(CC(=O)N2C(=O)OC[C@@H]2Cc2ccccc2)C1. The fraction of sp³-hybridized carbons (Fsp3) is 0.556. The molecule has 0 radical (unpaired) electrons. The molecule has 1 aromatic carbocycles. The second kappa shape index (κ2) is 5.75. The summed E-state index contributed by atoms with van der Waals surface area (Å²) in [6.07, 6.45) is 2.76. The van der Waals surface area contributed by atoms with Crippen LogP contribution in [0.4, 0.5) is 4.79 Å². The standard InChI is InChI=1S/C18H23NO3/c1-18(2)10-14(11-18)9-16(20)19-15(12-22-17(19)21)8-13-6-4-3-5-7-13/h3-7,14-15H,8-12H2,1-2H3/t15-/m0/s1. The maximum absolute atomic E-state index is 12.5. The van der Waals surface area contributed by atoms with Gasteiger partial charge in [0.1, 0.15) is 6.61 Å². The van der Waals surface area contributed by atoms with Crippen molar-refractivity contribution in [3.63, 3.8) is 0 Å². The molecule has 1 aliphatic carbocycles. The topological polar surface area (TPSA) is 46.6 Å². The summed E-state index contributed by atoms with van der Waals surface area (Å²) in [6, 6.07) is 9.75. The molecule has 2 fully saturated rings. The molecule has 3 rings (SSSR count). The van der Waals surface area contributed by atoms with Crippen molar-refractivity contribution in [1.29, 1.82) is 0 Å². The van der Waals surface area contributed by atoms with Crippen LogP contribution in [0.15, 0.2) is 30.3 Å².